The zero-order valence-electron chi connectivity index (χ0n) is 14.1. The first-order valence-electron chi connectivity index (χ1n) is 8.10. The van der Waals surface area contributed by atoms with Gasteiger partial charge in [-0.1, -0.05) is 6.07 Å². The van der Waals surface area contributed by atoms with Gasteiger partial charge in [0.2, 0.25) is 10.0 Å². The Morgan fingerprint density at radius 2 is 1.82 bits per heavy atom. The minimum Gasteiger partial charge on any atom is -0.301 e. The van der Waals surface area contributed by atoms with E-state index in [1.807, 2.05) is 19.9 Å². The highest BCUT2D eigenvalue weighted by Gasteiger charge is 2.23. The van der Waals surface area contributed by atoms with Crippen molar-refractivity contribution in [2.45, 2.75) is 51.5 Å². The quantitative estimate of drug-likeness (QED) is 0.906. The summed E-state index contributed by atoms with van der Waals surface area (Å²) in [7, 11) is -3.39. The summed E-state index contributed by atoms with van der Waals surface area (Å²) in [6, 6.07) is 5.88. The molecule has 0 radical (unpaired) electrons. The molecule has 0 spiro atoms. The Morgan fingerprint density at radius 1 is 1.18 bits per heavy atom. The molecule has 1 heterocycles. The maximum atomic E-state index is 12.4. The summed E-state index contributed by atoms with van der Waals surface area (Å²) in [6.45, 7) is 11.0. The molecule has 124 valence electrons. The standard InChI is InChI=1S/C17H28N2O2S/c1-13(2)19-9-7-16(8-10-19)12-18-22(20,21)17-6-5-14(3)15(4)11-17/h5-6,11,13,16,18H,7-10,12H2,1-4H3. The summed E-state index contributed by atoms with van der Waals surface area (Å²) < 4.78 is 27.6. The number of rotatable bonds is 5. The number of hydrogen-bond donors (Lipinski definition) is 1. The average molecular weight is 324 g/mol. The Balaban J connectivity index is 1.92. The van der Waals surface area contributed by atoms with Gasteiger partial charge >= 0.3 is 0 Å². The molecule has 0 atom stereocenters. The van der Waals surface area contributed by atoms with Crippen molar-refractivity contribution in [1.29, 1.82) is 0 Å². The van der Waals surface area contributed by atoms with Crippen LogP contribution < -0.4 is 4.72 Å². The van der Waals surface area contributed by atoms with E-state index >= 15 is 0 Å². The summed E-state index contributed by atoms with van der Waals surface area (Å²) in [5.74, 6) is 0.441. The lowest BCUT2D eigenvalue weighted by Gasteiger charge is -2.34. The number of piperidine rings is 1. The zero-order chi connectivity index (χ0) is 16.3. The number of hydrogen-bond acceptors (Lipinski definition) is 3. The third-order valence-corrected chi connectivity index (χ3v) is 6.15. The second kappa shape index (κ2) is 7.11. The summed E-state index contributed by atoms with van der Waals surface area (Å²) >= 11 is 0. The van der Waals surface area contributed by atoms with Gasteiger partial charge in [-0.15, -0.1) is 0 Å². The van der Waals surface area contributed by atoms with Crippen LogP contribution in [0.5, 0.6) is 0 Å². The highest BCUT2D eigenvalue weighted by molar-refractivity contribution is 7.89. The Hall–Kier alpha value is -0.910. The molecule has 1 aromatic carbocycles. The van der Waals surface area contributed by atoms with Gasteiger partial charge in [0.25, 0.3) is 0 Å². The van der Waals surface area contributed by atoms with Crippen LogP contribution in [0.3, 0.4) is 0 Å². The Labute approximate surface area is 135 Å². The number of nitrogens with zero attached hydrogens (tertiary/aromatic N) is 1. The molecular formula is C17H28N2O2S. The molecule has 0 amide bonds. The molecule has 1 fully saturated rings. The topological polar surface area (TPSA) is 49.4 Å². The molecule has 0 aliphatic carbocycles. The largest absolute Gasteiger partial charge is 0.301 e. The van der Waals surface area contributed by atoms with Crippen molar-refractivity contribution in [3.8, 4) is 0 Å². The van der Waals surface area contributed by atoms with Crippen LogP contribution >= 0.6 is 0 Å². The van der Waals surface area contributed by atoms with Crippen molar-refractivity contribution < 1.29 is 8.42 Å². The summed E-state index contributed by atoms with van der Waals surface area (Å²) in [4.78, 5) is 2.82. The highest BCUT2D eigenvalue weighted by atomic mass is 32.2. The molecule has 2 rings (SSSR count). The molecule has 4 nitrogen and oxygen atoms in total. The molecule has 5 heteroatoms. The Morgan fingerprint density at radius 3 is 2.36 bits per heavy atom. The van der Waals surface area contributed by atoms with E-state index in [0.717, 1.165) is 37.1 Å². The average Bonchev–Trinajstić information content (AvgIpc) is 2.48. The van der Waals surface area contributed by atoms with E-state index in [1.54, 1.807) is 12.1 Å². The lowest BCUT2D eigenvalue weighted by atomic mass is 9.96. The molecule has 0 bridgehead atoms. The lowest BCUT2D eigenvalue weighted by molar-refractivity contribution is 0.151. The summed E-state index contributed by atoms with van der Waals surface area (Å²) in [6.07, 6.45) is 2.13. The normalized spacial score (nSPS) is 18.0. The summed E-state index contributed by atoms with van der Waals surface area (Å²) in [5.41, 5.74) is 2.12. The van der Waals surface area contributed by atoms with Crippen LogP contribution in [-0.2, 0) is 10.0 Å². The summed E-state index contributed by atoms with van der Waals surface area (Å²) in [5, 5.41) is 0. The van der Waals surface area contributed by atoms with Gasteiger partial charge < -0.3 is 4.90 Å². The predicted molar refractivity (Wildman–Crippen MR) is 90.5 cm³/mol. The van der Waals surface area contributed by atoms with Crippen LogP contribution in [0.25, 0.3) is 0 Å². The molecular weight excluding hydrogens is 296 g/mol. The smallest absolute Gasteiger partial charge is 0.240 e. The fraction of sp³-hybridized carbons (Fsp3) is 0.647. The number of aryl methyl sites for hydroxylation is 2. The second-order valence-corrected chi connectivity index (χ2v) is 8.44. The van der Waals surface area contributed by atoms with E-state index in [9.17, 15) is 8.42 Å². The van der Waals surface area contributed by atoms with E-state index in [4.69, 9.17) is 0 Å². The SMILES string of the molecule is Cc1ccc(S(=O)(=O)NCC2CCN(C(C)C)CC2)cc1C. The van der Waals surface area contributed by atoms with Crippen molar-refractivity contribution in [2.75, 3.05) is 19.6 Å². The Kier molecular flexibility index (Phi) is 5.64. The number of benzene rings is 1. The third-order valence-electron chi connectivity index (χ3n) is 4.73. The highest BCUT2D eigenvalue weighted by Crippen LogP contribution is 2.19. The van der Waals surface area contributed by atoms with Gasteiger partial charge in [0.05, 0.1) is 4.90 Å². The first kappa shape index (κ1) is 17.4. The minimum absolute atomic E-state index is 0.371. The van der Waals surface area contributed by atoms with Gasteiger partial charge in [-0.05, 0) is 82.8 Å². The van der Waals surface area contributed by atoms with Crippen LogP contribution in [0.1, 0.15) is 37.8 Å². The van der Waals surface area contributed by atoms with Crippen molar-refractivity contribution >= 4 is 10.0 Å². The van der Waals surface area contributed by atoms with E-state index in [2.05, 4.69) is 23.5 Å². The molecule has 1 N–H and O–H groups in total. The van der Waals surface area contributed by atoms with E-state index in [0.29, 0.717) is 23.4 Å². The zero-order valence-corrected chi connectivity index (χ0v) is 14.9. The minimum atomic E-state index is -3.39. The van der Waals surface area contributed by atoms with Crippen molar-refractivity contribution in [1.82, 2.24) is 9.62 Å². The van der Waals surface area contributed by atoms with Crippen LogP contribution in [-0.4, -0.2) is 39.0 Å². The van der Waals surface area contributed by atoms with E-state index in [1.165, 1.54) is 0 Å². The molecule has 0 aromatic heterocycles. The monoisotopic (exact) mass is 324 g/mol. The fourth-order valence-electron chi connectivity index (χ4n) is 2.87. The maximum Gasteiger partial charge on any atom is 0.240 e. The molecule has 1 aliphatic rings. The van der Waals surface area contributed by atoms with Gasteiger partial charge in [0, 0.05) is 12.6 Å². The lowest BCUT2D eigenvalue weighted by Crippen LogP contribution is -2.41. The molecule has 22 heavy (non-hydrogen) atoms. The maximum absolute atomic E-state index is 12.4. The number of sulfonamides is 1. The molecule has 1 aromatic rings. The first-order chi connectivity index (χ1) is 10.3. The van der Waals surface area contributed by atoms with E-state index < -0.39 is 10.0 Å². The van der Waals surface area contributed by atoms with Crippen molar-refractivity contribution in [2.24, 2.45) is 5.92 Å². The molecule has 1 aliphatic heterocycles. The van der Waals surface area contributed by atoms with Gasteiger partial charge in [0.15, 0.2) is 0 Å². The van der Waals surface area contributed by atoms with Gasteiger partial charge in [-0.2, -0.15) is 0 Å². The van der Waals surface area contributed by atoms with Gasteiger partial charge in [-0.3, -0.25) is 0 Å². The van der Waals surface area contributed by atoms with Gasteiger partial charge in [0.1, 0.15) is 0 Å². The van der Waals surface area contributed by atoms with Gasteiger partial charge in [-0.25, -0.2) is 13.1 Å². The second-order valence-electron chi connectivity index (χ2n) is 6.67. The first-order valence-corrected chi connectivity index (χ1v) is 9.59. The van der Waals surface area contributed by atoms with Crippen molar-refractivity contribution in [3.05, 3.63) is 29.3 Å². The van der Waals surface area contributed by atoms with Crippen LogP contribution in [0, 0.1) is 19.8 Å². The van der Waals surface area contributed by atoms with Crippen LogP contribution in [0.2, 0.25) is 0 Å². The van der Waals surface area contributed by atoms with Crippen LogP contribution in [0.4, 0.5) is 0 Å². The molecule has 0 saturated carbocycles. The fourth-order valence-corrected chi connectivity index (χ4v) is 4.07. The number of likely N-dealkylation sites (tertiary alicyclic amines) is 1. The predicted octanol–water partition coefficient (Wildman–Crippen LogP) is 2.70. The number of nitrogens with one attached hydrogen (secondary N) is 1. The molecule has 1 saturated heterocycles. The van der Waals surface area contributed by atoms with E-state index in [-0.39, 0.29) is 0 Å². The Bertz CT molecular complexity index is 603. The third kappa shape index (κ3) is 4.31. The van der Waals surface area contributed by atoms with Crippen LogP contribution in [0.15, 0.2) is 23.1 Å². The molecule has 0 unspecified atom stereocenters. The van der Waals surface area contributed by atoms with Crippen molar-refractivity contribution in [3.63, 3.8) is 0 Å².